The molecule has 0 saturated carbocycles. The molecule has 0 amide bonds. The highest BCUT2D eigenvalue weighted by Crippen LogP contribution is 2.21. The molecule has 0 unspecified atom stereocenters. The third kappa shape index (κ3) is 3.43. The Morgan fingerprint density at radius 3 is 2.92 bits per heavy atom. The average molecular weight is 349 g/mol. The van der Waals surface area contributed by atoms with Gasteiger partial charge in [0.2, 0.25) is 0 Å². The van der Waals surface area contributed by atoms with Gasteiger partial charge in [0.15, 0.2) is 5.65 Å². The second-order valence-electron chi connectivity index (χ2n) is 5.41. The molecule has 0 aromatic carbocycles. The molecule has 4 heterocycles. The quantitative estimate of drug-likeness (QED) is 0.592. The van der Waals surface area contributed by atoms with E-state index in [0.29, 0.717) is 11.5 Å². The van der Waals surface area contributed by atoms with Crippen molar-refractivity contribution >= 4 is 28.2 Å². The van der Waals surface area contributed by atoms with Crippen molar-refractivity contribution in [1.82, 2.24) is 29.9 Å². The highest BCUT2D eigenvalue weighted by molar-refractivity contribution is 7.13. The molecule has 0 radical (unpaired) electrons. The lowest BCUT2D eigenvalue weighted by atomic mass is 10.3. The van der Waals surface area contributed by atoms with Gasteiger partial charge in [-0.05, 0) is 19.1 Å². The molecule has 0 fully saturated rings. The minimum absolute atomic E-state index is 0.701. The fraction of sp³-hybridized carbons (Fsp3) is 0.176. The Morgan fingerprint density at radius 2 is 2.04 bits per heavy atom. The van der Waals surface area contributed by atoms with E-state index in [1.807, 2.05) is 19.1 Å². The van der Waals surface area contributed by atoms with Crippen molar-refractivity contribution in [2.45, 2.75) is 13.3 Å². The second-order valence-corrected chi connectivity index (χ2v) is 6.26. The van der Waals surface area contributed by atoms with Crippen molar-refractivity contribution in [2.24, 2.45) is 0 Å². The molecule has 0 spiro atoms. The number of hydrogen-bond acceptors (Lipinski definition) is 8. The SMILES string of the molecule is Cc1nc(NCCc2csc(-c3cnccn3)n2)c2cccnc2n1. The first-order valence-corrected chi connectivity index (χ1v) is 8.71. The first kappa shape index (κ1) is 15.5. The van der Waals surface area contributed by atoms with E-state index in [2.05, 4.69) is 40.6 Å². The van der Waals surface area contributed by atoms with Crippen LogP contribution in [-0.4, -0.2) is 36.4 Å². The van der Waals surface area contributed by atoms with Gasteiger partial charge in [0.05, 0.1) is 17.3 Å². The number of pyridine rings is 1. The molecular formula is C17H15N7S. The Balaban J connectivity index is 1.46. The zero-order valence-corrected chi connectivity index (χ0v) is 14.4. The summed E-state index contributed by atoms with van der Waals surface area (Å²) >= 11 is 1.58. The summed E-state index contributed by atoms with van der Waals surface area (Å²) in [6, 6.07) is 3.86. The number of thiazole rings is 1. The Morgan fingerprint density at radius 1 is 1.08 bits per heavy atom. The number of nitrogens with zero attached hydrogens (tertiary/aromatic N) is 6. The maximum absolute atomic E-state index is 4.62. The van der Waals surface area contributed by atoms with Gasteiger partial charge >= 0.3 is 0 Å². The maximum Gasteiger partial charge on any atom is 0.164 e. The highest BCUT2D eigenvalue weighted by atomic mass is 32.1. The van der Waals surface area contributed by atoms with Crippen molar-refractivity contribution in [2.75, 3.05) is 11.9 Å². The van der Waals surface area contributed by atoms with Crippen LogP contribution in [0.1, 0.15) is 11.5 Å². The molecule has 0 atom stereocenters. The minimum atomic E-state index is 0.701. The molecule has 4 aromatic heterocycles. The van der Waals surface area contributed by atoms with Crippen molar-refractivity contribution in [1.29, 1.82) is 0 Å². The van der Waals surface area contributed by atoms with E-state index in [-0.39, 0.29) is 0 Å². The monoisotopic (exact) mass is 349 g/mol. The lowest BCUT2D eigenvalue weighted by molar-refractivity contribution is 0.960. The van der Waals surface area contributed by atoms with Crippen LogP contribution >= 0.6 is 11.3 Å². The zero-order valence-electron chi connectivity index (χ0n) is 13.5. The summed E-state index contributed by atoms with van der Waals surface area (Å²) in [6.07, 6.45) is 7.59. The first-order valence-electron chi connectivity index (χ1n) is 7.83. The van der Waals surface area contributed by atoms with Crippen LogP contribution < -0.4 is 5.32 Å². The van der Waals surface area contributed by atoms with Gasteiger partial charge in [-0.1, -0.05) is 0 Å². The summed E-state index contributed by atoms with van der Waals surface area (Å²) in [5.74, 6) is 1.51. The van der Waals surface area contributed by atoms with Crippen molar-refractivity contribution in [3.8, 4) is 10.7 Å². The lowest BCUT2D eigenvalue weighted by Gasteiger charge is -2.08. The van der Waals surface area contributed by atoms with Crippen LogP contribution in [0.5, 0.6) is 0 Å². The Hall–Kier alpha value is -3.00. The van der Waals surface area contributed by atoms with Crippen LogP contribution in [-0.2, 0) is 6.42 Å². The molecule has 4 rings (SSSR count). The van der Waals surface area contributed by atoms with Gasteiger partial charge < -0.3 is 5.32 Å². The normalized spacial score (nSPS) is 10.9. The van der Waals surface area contributed by atoms with Crippen LogP contribution in [0.3, 0.4) is 0 Å². The van der Waals surface area contributed by atoms with E-state index < -0.39 is 0 Å². The third-order valence-corrected chi connectivity index (χ3v) is 4.50. The number of aryl methyl sites for hydroxylation is 1. The van der Waals surface area contributed by atoms with Gasteiger partial charge in [0, 0.05) is 36.9 Å². The number of rotatable bonds is 5. The Bertz CT molecular complexity index is 1000. The van der Waals surface area contributed by atoms with Gasteiger partial charge in [-0.15, -0.1) is 11.3 Å². The summed E-state index contributed by atoms with van der Waals surface area (Å²) in [5, 5.41) is 7.23. The number of fused-ring (bicyclic) bond motifs is 1. The molecule has 0 bridgehead atoms. The predicted octanol–water partition coefficient (Wildman–Crippen LogP) is 2.90. The molecule has 8 heteroatoms. The summed E-state index contributed by atoms with van der Waals surface area (Å²) in [5.41, 5.74) is 2.53. The molecule has 7 nitrogen and oxygen atoms in total. The van der Waals surface area contributed by atoms with E-state index in [4.69, 9.17) is 0 Å². The summed E-state index contributed by atoms with van der Waals surface area (Å²) in [6.45, 7) is 2.59. The molecule has 0 aliphatic rings. The van der Waals surface area contributed by atoms with Gasteiger partial charge in [-0.25, -0.2) is 19.9 Å². The predicted molar refractivity (Wildman–Crippen MR) is 97.4 cm³/mol. The third-order valence-electron chi connectivity index (χ3n) is 3.59. The van der Waals surface area contributed by atoms with Crippen LogP contribution in [0, 0.1) is 6.92 Å². The summed E-state index contributed by atoms with van der Waals surface area (Å²) in [4.78, 5) is 26.1. The number of nitrogens with one attached hydrogen (secondary N) is 1. The van der Waals surface area contributed by atoms with Crippen LogP contribution in [0.15, 0.2) is 42.3 Å². The van der Waals surface area contributed by atoms with Crippen LogP contribution in [0.25, 0.3) is 21.7 Å². The second kappa shape index (κ2) is 6.86. The zero-order chi connectivity index (χ0) is 17.1. The topological polar surface area (TPSA) is 89.4 Å². The maximum atomic E-state index is 4.62. The van der Waals surface area contributed by atoms with E-state index in [9.17, 15) is 0 Å². The van der Waals surface area contributed by atoms with Crippen molar-refractivity contribution in [3.63, 3.8) is 0 Å². The van der Waals surface area contributed by atoms with E-state index in [1.165, 1.54) is 0 Å². The molecule has 0 aliphatic heterocycles. The van der Waals surface area contributed by atoms with Gasteiger partial charge in [0.25, 0.3) is 0 Å². The first-order chi connectivity index (χ1) is 12.3. The van der Waals surface area contributed by atoms with Gasteiger partial charge in [-0.2, -0.15) is 0 Å². The molecule has 0 aliphatic carbocycles. The molecule has 25 heavy (non-hydrogen) atoms. The van der Waals surface area contributed by atoms with E-state index in [0.717, 1.165) is 40.6 Å². The van der Waals surface area contributed by atoms with Crippen molar-refractivity contribution in [3.05, 3.63) is 53.8 Å². The average Bonchev–Trinajstić information content (AvgIpc) is 3.11. The van der Waals surface area contributed by atoms with Crippen LogP contribution in [0.2, 0.25) is 0 Å². The number of anilines is 1. The molecule has 124 valence electrons. The number of hydrogen-bond donors (Lipinski definition) is 1. The summed E-state index contributed by atoms with van der Waals surface area (Å²) in [7, 11) is 0. The Labute approximate surface area is 148 Å². The molecule has 1 N–H and O–H groups in total. The van der Waals surface area contributed by atoms with E-state index >= 15 is 0 Å². The minimum Gasteiger partial charge on any atom is -0.369 e. The van der Waals surface area contributed by atoms with Gasteiger partial charge in [-0.3, -0.25) is 9.97 Å². The highest BCUT2D eigenvalue weighted by Gasteiger charge is 2.08. The molecular weight excluding hydrogens is 334 g/mol. The fourth-order valence-corrected chi connectivity index (χ4v) is 3.28. The fourth-order valence-electron chi connectivity index (χ4n) is 2.46. The van der Waals surface area contributed by atoms with E-state index in [1.54, 1.807) is 36.1 Å². The van der Waals surface area contributed by atoms with Crippen molar-refractivity contribution < 1.29 is 0 Å². The Kier molecular flexibility index (Phi) is 4.26. The molecule has 0 saturated heterocycles. The lowest BCUT2D eigenvalue weighted by Crippen LogP contribution is -2.08. The largest absolute Gasteiger partial charge is 0.369 e. The van der Waals surface area contributed by atoms with Gasteiger partial charge in [0.1, 0.15) is 22.3 Å². The standard InChI is InChI=1S/C17H15N7S/c1-11-22-15-13(3-2-5-20-15)16(23-11)21-6-4-12-10-25-17(24-12)14-9-18-7-8-19-14/h2-3,5,7-10H,4,6H2,1H3,(H,20,21,22,23). The smallest absolute Gasteiger partial charge is 0.164 e. The summed E-state index contributed by atoms with van der Waals surface area (Å²) < 4.78 is 0. The van der Waals surface area contributed by atoms with Crippen LogP contribution in [0.4, 0.5) is 5.82 Å². The number of aromatic nitrogens is 6. The molecule has 4 aromatic rings.